The predicted molar refractivity (Wildman–Crippen MR) is 84.4 cm³/mol. The quantitative estimate of drug-likeness (QED) is 0.878. The van der Waals surface area contributed by atoms with Crippen LogP contribution in [0.1, 0.15) is 12.3 Å². The van der Waals surface area contributed by atoms with Crippen LogP contribution in [0, 0.1) is 0 Å². The van der Waals surface area contributed by atoms with Crippen molar-refractivity contribution in [3.63, 3.8) is 0 Å². The molecule has 1 aliphatic heterocycles. The van der Waals surface area contributed by atoms with Gasteiger partial charge in [-0.2, -0.15) is 0 Å². The smallest absolute Gasteiger partial charge is 0.315 e. The minimum Gasteiger partial charge on any atom is -0.439 e. The molecule has 1 aromatic heterocycles. The molecule has 0 aliphatic carbocycles. The number of carbonyl (C=O) groups is 1. The van der Waals surface area contributed by atoms with Crippen molar-refractivity contribution in [2.24, 2.45) is 0 Å². The summed E-state index contributed by atoms with van der Waals surface area (Å²) in [4.78, 5) is 15.9. The molecule has 1 saturated heterocycles. The highest BCUT2D eigenvalue weighted by atomic mass is 32.2. The first-order valence-corrected chi connectivity index (χ1v) is 9.09. The van der Waals surface area contributed by atoms with Crippen molar-refractivity contribution in [3.05, 3.63) is 42.4 Å². The molecule has 1 fully saturated rings. The number of oxazole rings is 1. The number of amides is 2. The fourth-order valence-corrected chi connectivity index (χ4v) is 4.10. The number of hydrogen-bond donors (Lipinski definition) is 2. The van der Waals surface area contributed by atoms with Gasteiger partial charge in [-0.1, -0.05) is 30.3 Å². The number of aromatic nitrogens is 1. The van der Waals surface area contributed by atoms with Gasteiger partial charge in [0.1, 0.15) is 0 Å². The second-order valence-corrected chi connectivity index (χ2v) is 7.64. The van der Waals surface area contributed by atoms with E-state index < -0.39 is 15.9 Å². The summed E-state index contributed by atoms with van der Waals surface area (Å²) in [6, 6.07) is 8.78. The molecule has 2 aromatic rings. The van der Waals surface area contributed by atoms with Crippen LogP contribution in [0.5, 0.6) is 0 Å². The molecule has 2 N–H and O–H groups in total. The lowest BCUT2D eigenvalue weighted by Crippen LogP contribution is -2.42. The Balaban J connectivity index is 1.51. The van der Waals surface area contributed by atoms with Crippen LogP contribution in [0.2, 0.25) is 0 Å². The molecular weight excluding hydrogens is 318 g/mol. The molecule has 23 heavy (non-hydrogen) atoms. The molecule has 1 aliphatic rings. The number of sulfone groups is 1. The zero-order valence-corrected chi connectivity index (χ0v) is 13.2. The van der Waals surface area contributed by atoms with Gasteiger partial charge in [0.2, 0.25) is 5.89 Å². The zero-order valence-electron chi connectivity index (χ0n) is 12.4. The summed E-state index contributed by atoms with van der Waals surface area (Å²) in [6.07, 6.45) is 2.06. The Bertz CT molecular complexity index is 786. The average Bonchev–Trinajstić information content (AvgIpc) is 3.13. The van der Waals surface area contributed by atoms with Gasteiger partial charge < -0.3 is 15.1 Å². The maximum atomic E-state index is 11.8. The fourth-order valence-electron chi connectivity index (χ4n) is 2.43. The van der Waals surface area contributed by atoms with E-state index in [0.717, 1.165) is 5.56 Å². The van der Waals surface area contributed by atoms with Gasteiger partial charge in [-0.25, -0.2) is 18.2 Å². The third kappa shape index (κ3) is 4.10. The molecule has 0 bridgehead atoms. The van der Waals surface area contributed by atoms with Gasteiger partial charge in [-0.3, -0.25) is 0 Å². The molecule has 2 heterocycles. The van der Waals surface area contributed by atoms with Gasteiger partial charge in [0.05, 0.1) is 24.2 Å². The van der Waals surface area contributed by atoms with E-state index in [9.17, 15) is 13.2 Å². The molecular formula is C15H17N3O4S. The highest BCUT2D eigenvalue weighted by molar-refractivity contribution is 7.91. The number of hydrogen-bond acceptors (Lipinski definition) is 5. The minimum absolute atomic E-state index is 0.00240. The van der Waals surface area contributed by atoms with Crippen molar-refractivity contribution in [2.45, 2.75) is 19.0 Å². The summed E-state index contributed by atoms with van der Waals surface area (Å²) >= 11 is 0. The lowest BCUT2D eigenvalue weighted by Gasteiger charge is -2.10. The summed E-state index contributed by atoms with van der Waals surface area (Å²) in [5.41, 5.74) is 0.909. The number of urea groups is 1. The molecule has 1 unspecified atom stereocenters. The van der Waals surface area contributed by atoms with Gasteiger partial charge in [0, 0.05) is 11.6 Å². The Morgan fingerprint density at radius 3 is 2.78 bits per heavy atom. The van der Waals surface area contributed by atoms with Crippen LogP contribution in [-0.2, 0) is 16.4 Å². The Kier molecular flexibility index (Phi) is 4.33. The minimum atomic E-state index is -3.01. The highest BCUT2D eigenvalue weighted by Crippen LogP contribution is 2.19. The van der Waals surface area contributed by atoms with Crippen molar-refractivity contribution < 1.29 is 17.6 Å². The maximum Gasteiger partial charge on any atom is 0.315 e. The van der Waals surface area contributed by atoms with E-state index in [2.05, 4.69) is 15.6 Å². The number of rotatable bonds is 4. The largest absolute Gasteiger partial charge is 0.439 e. The number of benzene rings is 1. The lowest BCUT2D eigenvalue weighted by molar-refractivity contribution is 0.236. The standard InChI is InChI=1S/C15H17N3O4S/c19-15(18-12-6-7-23(20,21)10-12)17-9-14-16-8-13(22-14)11-4-2-1-3-5-11/h1-5,8,12H,6-7,9-10H2,(H2,17,18,19). The normalized spacial score (nSPS) is 19.4. The Hall–Kier alpha value is -2.35. The van der Waals surface area contributed by atoms with Crippen molar-refractivity contribution in [1.29, 1.82) is 0 Å². The van der Waals surface area contributed by atoms with Crippen molar-refractivity contribution in [1.82, 2.24) is 15.6 Å². The molecule has 1 aromatic carbocycles. The molecule has 0 radical (unpaired) electrons. The van der Waals surface area contributed by atoms with E-state index in [4.69, 9.17) is 4.42 Å². The van der Waals surface area contributed by atoms with Gasteiger partial charge in [-0.05, 0) is 6.42 Å². The van der Waals surface area contributed by atoms with Crippen LogP contribution >= 0.6 is 0 Å². The molecule has 1 atom stereocenters. The second-order valence-electron chi connectivity index (χ2n) is 5.41. The summed E-state index contributed by atoms with van der Waals surface area (Å²) < 4.78 is 28.3. The van der Waals surface area contributed by atoms with E-state index >= 15 is 0 Å². The highest BCUT2D eigenvalue weighted by Gasteiger charge is 2.28. The third-order valence-corrected chi connectivity index (χ3v) is 5.35. The van der Waals surface area contributed by atoms with Crippen LogP contribution in [0.3, 0.4) is 0 Å². The van der Waals surface area contributed by atoms with Gasteiger partial charge in [-0.15, -0.1) is 0 Å². The van der Waals surface area contributed by atoms with Crippen molar-refractivity contribution in [3.8, 4) is 11.3 Å². The first-order chi connectivity index (χ1) is 11.0. The van der Waals surface area contributed by atoms with Gasteiger partial charge in [0.25, 0.3) is 0 Å². The molecule has 122 valence electrons. The number of nitrogens with one attached hydrogen (secondary N) is 2. The lowest BCUT2D eigenvalue weighted by atomic mass is 10.2. The summed E-state index contributed by atoms with van der Waals surface area (Å²) in [5, 5.41) is 5.26. The third-order valence-electron chi connectivity index (χ3n) is 3.58. The van der Waals surface area contributed by atoms with Gasteiger partial charge in [0.15, 0.2) is 15.6 Å². The molecule has 8 heteroatoms. The molecule has 7 nitrogen and oxygen atoms in total. The van der Waals surface area contributed by atoms with Crippen LogP contribution in [0.15, 0.2) is 40.9 Å². The second kappa shape index (κ2) is 6.41. The Labute approximate surface area is 134 Å². The number of carbonyl (C=O) groups excluding carboxylic acids is 1. The average molecular weight is 335 g/mol. The van der Waals surface area contributed by atoms with Crippen molar-refractivity contribution in [2.75, 3.05) is 11.5 Å². The first-order valence-electron chi connectivity index (χ1n) is 7.27. The monoisotopic (exact) mass is 335 g/mol. The molecule has 0 saturated carbocycles. The van der Waals surface area contributed by atoms with Crippen LogP contribution < -0.4 is 10.6 Å². The maximum absolute atomic E-state index is 11.8. The molecule has 0 spiro atoms. The van der Waals surface area contributed by atoms with Crippen LogP contribution in [0.4, 0.5) is 4.79 Å². The summed E-state index contributed by atoms with van der Waals surface area (Å²) in [7, 11) is -3.01. The van der Waals surface area contributed by atoms with Crippen LogP contribution in [-0.4, -0.2) is 37.0 Å². The van der Waals surface area contributed by atoms with Crippen molar-refractivity contribution >= 4 is 15.9 Å². The Morgan fingerprint density at radius 1 is 1.30 bits per heavy atom. The fraction of sp³-hybridized carbons (Fsp3) is 0.333. The summed E-state index contributed by atoms with van der Waals surface area (Å²) in [5.74, 6) is 1.14. The van der Waals surface area contributed by atoms with E-state index in [1.165, 1.54) is 0 Å². The van der Waals surface area contributed by atoms with E-state index in [1.54, 1.807) is 6.20 Å². The molecule has 3 rings (SSSR count). The predicted octanol–water partition coefficient (Wildman–Crippen LogP) is 1.33. The first kappa shape index (κ1) is 15.5. The van der Waals surface area contributed by atoms with Crippen LogP contribution in [0.25, 0.3) is 11.3 Å². The summed E-state index contributed by atoms with van der Waals surface area (Å²) in [6.45, 7) is 0.137. The topological polar surface area (TPSA) is 101 Å². The Morgan fingerprint density at radius 2 is 2.09 bits per heavy atom. The SMILES string of the molecule is O=C(NCc1ncc(-c2ccccc2)o1)NC1CCS(=O)(=O)C1. The van der Waals surface area contributed by atoms with E-state index in [-0.39, 0.29) is 24.1 Å². The zero-order chi connectivity index (χ0) is 16.3. The van der Waals surface area contributed by atoms with E-state index in [1.807, 2.05) is 30.3 Å². The van der Waals surface area contributed by atoms with E-state index in [0.29, 0.717) is 18.1 Å². The molecule has 2 amide bonds. The number of nitrogens with zero attached hydrogens (tertiary/aromatic N) is 1. The van der Waals surface area contributed by atoms with Gasteiger partial charge >= 0.3 is 6.03 Å².